The Morgan fingerprint density at radius 1 is 1.33 bits per heavy atom. The fourth-order valence-electron chi connectivity index (χ4n) is 3.84. The highest BCUT2D eigenvalue weighted by atomic mass is 19.1. The highest BCUT2D eigenvalue weighted by Gasteiger charge is 2.44. The predicted octanol–water partition coefficient (Wildman–Crippen LogP) is 3.69. The number of hydrogen-bond donors (Lipinski definition) is 2. The topological polar surface area (TPSA) is 49.3 Å². The van der Waals surface area contributed by atoms with Crippen molar-refractivity contribution >= 4 is 5.91 Å². The average molecular weight is 339 g/mol. The van der Waals surface area contributed by atoms with E-state index < -0.39 is 23.2 Å². The van der Waals surface area contributed by atoms with Crippen LogP contribution in [0.1, 0.15) is 58.4 Å². The van der Waals surface area contributed by atoms with Crippen molar-refractivity contribution in [1.29, 1.82) is 0 Å². The Bertz CT molecular complexity index is 593. The largest absolute Gasteiger partial charge is 0.393 e. The monoisotopic (exact) mass is 339 g/mol. The molecule has 1 aliphatic carbocycles. The predicted molar refractivity (Wildman–Crippen MR) is 89.6 cm³/mol. The van der Waals surface area contributed by atoms with Crippen molar-refractivity contribution in [2.24, 2.45) is 5.41 Å². The van der Waals surface area contributed by atoms with Gasteiger partial charge in [0.1, 0.15) is 11.6 Å². The molecule has 134 valence electrons. The number of halogens is 2. The van der Waals surface area contributed by atoms with E-state index in [-0.39, 0.29) is 16.9 Å². The van der Waals surface area contributed by atoms with Crippen LogP contribution in [0.5, 0.6) is 0 Å². The van der Waals surface area contributed by atoms with Crippen LogP contribution < -0.4 is 5.32 Å². The molecule has 1 aromatic carbocycles. The zero-order valence-corrected chi connectivity index (χ0v) is 14.7. The van der Waals surface area contributed by atoms with Gasteiger partial charge in [-0.05, 0) is 37.7 Å². The van der Waals surface area contributed by atoms with Crippen molar-refractivity contribution in [3.05, 3.63) is 35.4 Å². The van der Waals surface area contributed by atoms with Gasteiger partial charge in [0.05, 0.1) is 11.5 Å². The van der Waals surface area contributed by atoms with Crippen LogP contribution in [0.3, 0.4) is 0 Å². The van der Waals surface area contributed by atoms with Crippen molar-refractivity contribution in [1.82, 2.24) is 5.32 Å². The fourth-order valence-corrected chi connectivity index (χ4v) is 3.84. The highest BCUT2D eigenvalue weighted by Crippen LogP contribution is 2.42. The average Bonchev–Trinajstić information content (AvgIpc) is 2.94. The Balaban J connectivity index is 2.19. The number of hydrogen-bond acceptors (Lipinski definition) is 2. The zero-order valence-electron chi connectivity index (χ0n) is 14.7. The van der Waals surface area contributed by atoms with Gasteiger partial charge in [-0.15, -0.1) is 0 Å². The normalized spacial score (nSPS) is 18.4. The molecule has 1 fully saturated rings. The van der Waals surface area contributed by atoms with Gasteiger partial charge in [0.15, 0.2) is 0 Å². The van der Waals surface area contributed by atoms with Crippen LogP contribution in [-0.4, -0.2) is 23.7 Å². The summed E-state index contributed by atoms with van der Waals surface area (Å²) in [5, 5.41) is 12.5. The van der Waals surface area contributed by atoms with E-state index in [2.05, 4.69) is 5.32 Å². The molecule has 5 heteroatoms. The third-order valence-corrected chi connectivity index (χ3v) is 4.91. The number of carbonyl (C=O) groups is 1. The molecule has 3 nitrogen and oxygen atoms in total. The standard InChI is InChI=1S/C19H27F2NO2/c1-13(23)11-18(2,3)12-22-17(24)19(8-4-5-9-19)15-7-6-14(20)10-16(15)21/h6-7,10,13,23H,4-5,8-9,11-12H2,1-3H3,(H,22,24). The van der Waals surface area contributed by atoms with Crippen molar-refractivity contribution in [3.8, 4) is 0 Å². The van der Waals surface area contributed by atoms with E-state index in [0.717, 1.165) is 18.9 Å². The zero-order chi connectivity index (χ0) is 18.0. The Morgan fingerprint density at radius 2 is 1.96 bits per heavy atom. The minimum Gasteiger partial charge on any atom is -0.393 e. The van der Waals surface area contributed by atoms with Gasteiger partial charge in [0.2, 0.25) is 5.91 Å². The van der Waals surface area contributed by atoms with E-state index in [1.54, 1.807) is 6.92 Å². The van der Waals surface area contributed by atoms with E-state index in [1.807, 2.05) is 13.8 Å². The summed E-state index contributed by atoms with van der Waals surface area (Å²) in [6.07, 6.45) is 2.94. The third-order valence-electron chi connectivity index (χ3n) is 4.91. The van der Waals surface area contributed by atoms with Gasteiger partial charge >= 0.3 is 0 Å². The van der Waals surface area contributed by atoms with E-state index in [9.17, 15) is 18.7 Å². The molecule has 0 saturated heterocycles. The molecule has 0 aliphatic heterocycles. The second kappa shape index (κ2) is 7.18. The lowest BCUT2D eigenvalue weighted by Gasteiger charge is -2.32. The summed E-state index contributed by atoms with van der Waals surface area (Å²) in [5.74, 6) is -1.50. The van der Waals surface area contributed by atoms with Crippen LogP contribution >= 0.6 is 0 Å². The number of benzene rings is 1. The van der Waals surface area contributed by atoms with Crippen molar-refractivity contribution < 1.29 is 18.7 Å². The first kappa shape index (κ1) is 18.8. The number of amides is 1. The summed E-state index contributed by atoms with van der Waals surface area (Å²) in [5.41, 5.74) is -0.892. The third kappa shape index (κ3) is 4.12. The molecule has 2 N–H and O–H groups in total. The number of carbonyl (C=O) groups excluding carboxylic acids is 1. The maximum Gasteiger partial charge on any atom is 0.230 e. The lowest BCUT2D eigenvalue weighted by Crippen LogP contribution is -2.46. The van der Waals surface area contributed by atoms with Crippen molar-refractivity contribution in [2.75, 3.05) is 6.54 Å². The van der Waals surface area contributed by atoms with Crippen LogP contribution in [0.15, 0.2) is 18.2 Å². The van der Waals surface area contributed by atoms with Crippen LogP contribution in [-0.2, 0) is 10.2 Å². The molecule has 0 heterocycles. The molecule has 0 bridgehead atoms. The molecule has 0 radical (unpaired) electrons. The Kier molecular flexibility index (Phi) is 5.63. The number of aliphatic hydroxyl groups is 1. The van der Waals surface area contributed by atoms with Crippen LogP contribution in [0.4, 0.5) is 8.78 Å². The molecule has 2 rings (SSSR count). The first-order valence-electron chi connectivity index (χ1n) is 8.58. The smallest absolute Gasteiger partial charge is 0.230 e. The minimum absolute atomic E-state index is 0.204. The van der Waals surface area contributed by atoms with Gasteiger partial charge in [0, 0.05) is 18.2 Å². The number of nitrogens with one attached hydrogen (secondary N) is 1. The summed E-state index contributed by atoms with van der Waals surface area (Å²) in [4.78, 5) is 12.9. The number of aliphatic hydroxyl groups excluding tert-OH is 1. The molecule has 1 aromatic rings. The molecule has 1 unspecified atom stereocenters. The molecule has 1 saturated carbocycles. The second-order valence-corrected chi connectivity index (χ2v) is 7.81. The Hall–Kier alpha value is -1.49. The van der Waals surface area contributed by atoms with Crippen molar-refractivity contribution in [3.63, 3.8) is 0 Å². The molecule has 1 atom stereocenters. The highest BCUT2D eigenvalue weighted by molar-refractivity contribution is 5.88. The first-order chi connectivity index (χ1) is 11.2. The van der Waals surface area contributed by atoms with Crippen LogP contribution in [0, 0.1) is 17.0 Å². The van der Waals surface area contributed by atoms with Gasteiger partial charge in [-0.3, -0.25) is 4.79 Å². The summed E-state index contributed by atoms with van der Waals surface area (Å²) in [6.45, 7) is 6.07. The van der Waals surface area contributed by atoms with Crippen LogP contribution in [0.25, 0.3) is 0 Å². The molecule has 0 spiro atoms. The summed E-state index contributed by atoms with van der Waals surface area (Å²) in [7, 11) is 0. The van der Waals surface area contributed by atoms with E-state index in [4.69, 9.17) is 0 Å². The maximum atomic E-state index is 14.3. The SMILES string of the molecule is CC(O)CC(C)(C)CNC(=O)C1(c2ccc(F)cc2F)CCCC1. The fraction of sp³-hybridized carbons (Fsp3) is 0.632. The molecular weight excluding hydrogens is 312 g/mol. The molecule has 1 aliphatic rings. The van der Waals surface area contributed by atoms with Crippen molar-refractivity contribution in [2.45, 2.75) is 64.4 Å². The lowest BCUT2D eigenvalue weighted by atomic mass is 9.77. The summed E-state index contributed by atoms with van der Waals surface area (Å²) < 4.78 is 27.5. The first-order valence-corrected chi connectivity index (χ1v) is 8.58. The molecule has 1 amide bonds. The van der Waals surface area contributed by atoms with Gasteiger partial charge in [-0.1, -0.05) is 32.8 Å². The lowest BCUT2D eigenvalue weighted by molar-refractivity contribution is -0.127. The number of rotatable bonds is 6. The quantitative estimate of drug-likeness (QED) is 0.830. The summed E-state index contributed by atoms with van der Waals surface area (Å²) >= 11 is 0. The second-order valence-electron chi connectivity index (χ2n) is 7.81. The Labute approximate surface area is 142 Å². The Morgan fingerprint density at radius 3 is 2.50 bits per heavy atom. The summed E-state index contributed by atoms with van der Waals surface area (Å²) in [6, 6.07) is 3.46. The minimum atomic E-state index is -0.918. The van der Waals surface area contributed by atoms with E-state index >= 15 is 0 Å². The van der Waals surface area contributed by atoms with Gasteiger partial charge in [0.25, 0.3) is 0 Å². The van der Waals surface area contributed by atoms with Gasteiger partial charge < -0.3 is 10.4 Å². The van der Waals surface area contributed by atoms with E-state index in [1.165, 1.54) is 12.1 Å². The van der Waals surface area contributed by atoms with Crippen LogP contribution in [0.2, 0.25) is 0 Å². The molecular formula is C19H27F2NO2. The maximum absolute atomic E-state index is 14.3. The molecule has 0 aromatic heterocycles. The van der Waals surface area contributed by atoms with E-state index in [0.29, 0.717) is 25.8 Å². The van der Waals surface area contributed by atoms with Gasteiger partial charge in [-0.2, -0.15) is 0 Å². The van der Waals surface area contributed by atoms with Gasteiger partial charge in [-0.25, -0.2) is 8.78 Å². The molecule has 24 heavy (non-hydrogen) atoms.